The highest BCUT2D eigenvalue weighted by Gasteiger charge is 2.35. The lowest BCUT2D eigenvalue weighted by atomic mass is 9.88. The molecule has 2 nitrogen and oxygen atoms in total. The van der Waals surface area contributed by atoms with Gasteiger partial charge in [0, 0.05) is 37.0 Å². The van der Waals surface area contributed by atoms with Crippen molar-refractivity contribution in [3.63, 3.8) is 0 Å². The molecule has 0 saturated heterocycles. The van der Waals surface area contributed by atoms with Crippen molar-refractivity contribution in [2.75, 3.05) is 30.4 Å². The predicted molar refractivity (Wildman–Crippen MR) is 97.2 cm³/mol. The van der Waals surface area contributed by atoms with Gasteiger partial charge < -0.3 is 10.2 Å². The maximum atomic E-state index is 14.8. The van der Waals surface area contributed by atoms with Crippen molar-refractivity contribution in [3.05, 3.63) is 47.3 Å². The third-order valence-electron chi connectivity index (χ3n) is 4.80. The molecular formula is C20H24F2N2. The summed E-state index contributed by atoms with van der Waals surface area (Å²) in [5.41, 5.74) is 3.80. The molecule has 2 aromatic rings. The van der Waals surface area contributed by atoms with E-state index in [0.29, 0.717) is 18.7 Å². The van der Waals surface area contributed by atoms with E-state index in [1.165, 1.54) is 6.07 Å². The van der Waals surface area contributed by atoms with Gasteiger partial charge in [-0.15, -0.1) is 0 Å². The number of aryl methyl sites for hydroxylation is 1. The van der Waals surface area contributed by atoms with E-state index >= 15 is 0 Å². The number of benzene rings is 2. The first-order chi connectivity index (χ1) is 11.3. The third kappa shape index (κ3) is 2.97. The maximum Gasteiger partial charge on any atom is 0.129 e. The van der Waals surface area contributed by atoms with Gasteiger partial charge in [-0.2, -0.15) is 0 Å². The largest absolute Gasteiger partial charge is 0.388 e. The highest BCUT2D eigenvalue weighted by atomic mass is 19.1. The molecule has 0 fully saturated rings. The Kier molecular flexibility index (Phi) is 4.24. The summed E-state index contributed by atoms with van der Waals surface area (Å²) in [7, 11) is 1.86. The molecule has 0 bridgehead atoms. The fourth-order valence-electron chi connectivity index (χ4n) is 3.51. The van der Waals surface area contributed by atoms with Crippen LogP contribution in [0.5, 0.6) is 0 Å². The van der Waals surface area contributed by atoms with Gasteiger partial charge in [-0.1, -0.05) is 6.07 Å². The zero-order chi connectivity index (χ0) is 17.5. The van der Waals surface area contributed by atoms with Crippen LogP contribution in [0.25, 0.3) is 11.1 Å². The van der Waals surface area contributed by atoms with Crippen molar-refractivity contribution >= 4 is 11.4 Å². The second-order valence-corrected chi connectivity index (χ2v) is 6.84. The number of rotatable bonds is 3. The molecule has 1 unspecified atom stereocenters. The van der Waals surface area contributed by atoms with Crippen LogP contribution in [0.3, 0.4) is 0 Å². The molecule has 1 aliphatic rings. The van der Waals surface area contributed by atoms with Crippen LogP contribution in [-0.2, 0) is 6.42 Å². The molecule has 24 heavy (non-hydrogen) atoms. The molecule has 1 N–H and O–H groups in total. The number of nitrogens with zero attached hydrogens (tertiary/aromatic N) is 1. The van der Waals surface area contributed by atoms with Gasteiger partial charge in [0.15, 0.2) is 0 Å². The van der Waals surface area contributed by atoms with E-state index in [4.69, 9.17) is 0 Å². The van der Waals surface area contributed by atoms with Gasteiger partial charge in [-0.3, -0.25) is 0 Å². The summed E-state index contributed by atoms with van der Waals surface area (Å²) in [5, 5.41) is 3.12. The topological polar surface area (TPSA) is 15.3 Å². The van der Waals surface area contributed by atoms with Crippen molar-refractivity contribution in [2.24, 2.45) is 0 Å². The van der Waals surface area contributed by atoms with Gasteiger partial charge in [-0.25, -0.2) is 8.78 Å². The van der Waals surface area contributed by atoms with Crippen molar-refractivity contribution in [3.8, 4) is 11.1 Å². The van der Waals surface area contributed by atoms with E-state index in [1.807, 2.05) is 50.1 Å². The highest BCUT2D eigenvalue weighted by Crippen LogP contribution is 2.39. The molecule has 0 radical (unpaired) electrons. The van der Waals surface area contributed by atoms with E-state index in [1.54, 1.807) is 6.92 Å². The first-order valence-electron chi connectivity index (χ1n) is 8.39. The Bertz CT molecular complexity index is 768. The molecular weight excluding hydrogens is 306 g/mol. The second kappa shape index (κ2) is 6.08. The first kappa shape index (κ1) is 16.7. The predicted octanol–water partition coefficient (Wildman–Crippen LogP) is 4.95. The maximum absolute atomic E-state index is 14.8. The lowest BCUT2D eigenvalue weighted by Gasteiger charge is -2.38. The lowest BCUT2D eigenvalue weighted by Crippen LogP contribution is -2.44. The van der Waals surface area contributed by atoms with Gasteiger partial charge in [-0.05, 0) is 61.7 Å². The number of halogens is 2. The van der Waals surface area contributed by atoms with Gasteiger partial charge in [0.25, 0.3) is 0 Å². The zero-order valence-electron chi connectivity index (χ0n) is 14.7. The summed E-state index contributed by atoms with van der Waals surface area (Å²) in [4.78, 5) is 1.93. The molecule has 1 heterocycles. The standard InChI is InChI=1S/C20H24F2N2/c1-5-24-12-20(3,22)11-17-18(21)8-14(9-19(17)24)16-10-15(23-4)7-6-13(16)2/h6-10,23H,5,11-12H2,1-4H3. The molecule has 0 spiro atoms. The fraction of sp³-hybridized carbons (Fsp3) is 0.400. The van der Waals surface area contributed by atoms with Crippen LogP contribution in [-0.4, -0.2) is 25.8 Å². The van der Waals surface area contributed by atoms with Crippen molar-refractivity contribution in [2.45, 2.75) is 32.9 Å². The summed E-state index contributed by atoms with van der Waals surface area (Å²) < 4.78 is 29.3. The summed E-state index contributed by atoms with van der Waals surface area (Å²) in [6.45, 7) is 6.50. The van der Waals surface area contributed by atoms with E-state index in [0.717, 1.165) is 28.1 Å². The summed E-state index contributed by atoms with van der Waals surface area (Å²) >= 11 is 0. The summed E-state index contributed by atoms with van der Waals surface area (Å²) in [6, 6.07) is 9.58. The monoisotopic (exact) mass is 330 g/mol. The molecule has 128 valence electrons. The SMILES string of the molecule is CCN1CC(C)(F)Cc2c(F)cc(-c3cc(NC)ccc3C)cc21. The molecule has 1 atom stereocenters. The number of nitrogens with one attached hydrogen (secondary N) is 1. The highest BCUT2D eigenvalue weighted by molar-refractivity contribution is 5.76. The lowest BCUT2D eigenvalue weighted by molar-refractivity contribution is 0.187. The minimum Gasteiger partial charge on any atom is -0.388 e. The molecule has 1 aliphatic heterocycles. The smallest absolute Gasteiger partial charge is 0.129 e. The van der Waals surface area contributed by atoms with Crippen LogP contribution >= 0.6 is 0 Å². The van der Waals surface area contributed by atoms with E-state index in [-0.39, 0.29) is 12.2 Å². The summed E-state index contributed by atoms with van der Waals surface area (Å²) in [5.74, 6) is -0.321. The minimum absolute atomic E-state index is 0.125. The Balaban J connectivity index is 2.15. The van der Waals surface area contributed by atoms with Crippen LogP contribution < -0.4 is 10.2 Å². The molecule has 0 saturated carbocycles. The van der Waals surface area contributed by atoms with Crippen LogP contribution in [0.4, 0.5) is 20.2 Å². The molecule has 4 heteroatoms. The number of hydrogen-bond donors (Lipinski definition) is 1. The molecule has 0 aromatic heterocycles. The van der Waals surface area contributed by atoms with Crippen molar-refractivity contribution < 1.29 is 8.78 Å². The summed E-state index contributed by atoms with van der Waals surface area (Å²) in [6.07, 6.45) is 0.125. The first-order valence-corrected chi connectivity index (χ1v) is 8.39. The number of anilines is 2. The van der Waals surface area contributed by atoms with Crippen molar-refractivity contribution in [1.29, 1.82) is 0 Å². The van der Waals surface area contributed by atoms with E-state index in [2.05, 4.69) is 5.32 Å². The van der Waals surface area contributed by atoms with Crippen LogP contribution in [0, 0.1) is 12.7 Å². The van der Waals surface area contributed by atoms with Crippen LogP contribution in [0.15, 0.2) is 30.3 Å². The quantitative estimate of drug-likeness (QED) is 0.856. The van der Waals surface area contributed by atoms with Gasteiger partial charge >= 0.3 is 0 Å². The molecule has 2 aromatic carbocycles. The fourth-order valence-corrected chi connectivity index (χ4v) is 3.51. The second-order valence-electron chi connectivity index (χ2n) is 6.84. The Hall–Kier alpha value is -2.10. The molecule has 3 rings (SSSR count). The Labute approximate surface area is 142 Å². The average Bonchev–Trinajstić information content (AvgIpc) is 2.54. The third-order valence-corrected chi connectivity index (χ3v) is 4.80. The number of hydrogen-bond acceptors (Lipinski definition) is 2. The van der Waals surface area contributed by atoms with Gasteiger partial charge in [0.1, 0.15) is 11.5 Å². The number of alkyl halides is 1. The zero-order valence-corrected chi connectivity index (χ0v) is 14.7. The van der Waals surface area contributed by atoms with Gasteiger partial charge in [0.05, 0.1) is 6.54 Å². The Morgan fingerprint density at radius 1 is 1.25 bits per heavy atom. The van der Waals surface area contributed by atoms with E-state index in [9.17, 15) is 8.78 Å². The number of fused-ring (bicyclic) bond motifs is 1. The Morgan fingerprint density at radius 2 is 2.00 bits per heavy atom. The van der Waals surface area contributed by atoms with Crippen LogP contribution in [0.2, 0.25) is 0 Å². The molecule has 0 aliphatic carbocycles. The minimum atomic E-state index is -1.40. The molecule has 0 amide bonds. The van der Waals surface area contributed by atoms with Gasteiger partial charge in [0.2, 0.25) is 0 Å². The van der Waals surface area contributed by atoms with E-state index < -0.39 is 5.67 Å². The van der Waals surface area contributed by atoms with Crippen molar-refractivity contribution in [1.82, 2.24) is 0 Å². The normalized spacial score (nSPS) is 20.0. The average molecular weight is 330 g/mol. The Morgan fingerprint density at radius 3 is 2.67 bits per heavy atom. The van der Waals surface area contributed by atoms with Crippen LogP contribution in [0.1, 0.15) is 25.0 Å².